The number of amides is 1. The molecule has 1 saturated carbocycles. The van der Waals surface area contributed by atoms with Gasteiger partial charge in [0.2, 0.25) is 5.91 Å². The summed E-state index contributed by atoms with van der Waals surface area (Å²) in [6, 6.07) is 13.6. The van der Waals surface area contributed by atoms with Gasteiger partial charge in [-0.25, -0.2) is 0 Å². The second kappa shape index (κ2) is 5.78. The Morgan fingerprint density at radius 3 is 2.29 bits per heavy atom. The number of benzene rings is 2. The molecule has 2 aromatic carbocycles. The van der Waals surface area contributed by atoms with Crippen molar-refractivity contribution in [1.82, 2.24) is 0 Å². The maximum Gasteiger partial charge on any atom is 0.227 e. The fourth-order valence-electron chi connectivity index (χ4n) is 2.06. The first-order valence-electron chi connectivity index (χ1n) is 7.06. The summed E-state index contributed by atoms with van der Waals surface area (Å²) in [5, 5.41) is 6.96. The van der Waals surface area contributed by atoms with Crippen LogP contribution in [0.15, 0.2) is 42.5 Å². The van der Waals surface area contributed by atoms with E-state index in [1.54, 1.807) is 0 Å². The van der Waals surface area contributed by atoms with Crippen molar-refractivity contribution < 1.29 is 4.79 Å². The number of halogens is 1. The lowest BCUT2D eigenvalue weighted by molar-refractivity contribution is -0.117. The van der Waals surface area contributed by atoms with Gasteiger partial charge in [-0.3, -0.25) is 4.79 Å². The summed E-state index contributed by atoms with van der Waals surface area (Å²) in [7, 11) is 0. The predicted molar refractivity (Wildman–Crippen MR) is 87.3 cm³/mol. The van der Waals surface area contributed by atoms with Crippen molar-refractivity contribution in [2.75, 3.05) is 10.6 Å². The van der Waals surface area contributed by atoms with E-state index in [0.717, 1.165) is 40.5 Å². The highest BCUT2D eigenvalue weighted by atomic mass is 35.5. The second-order valence-corrected chi connectivity index (χ2v) is 5.84. The predicted octanol–water partition coefficient (Wildman–Crippen LogP) is 4.74. The largest absolute Gasteiger partial charge is 0.355 e. The second-order valence-electron chi connectivity index (χ2n) is 5.43. The standard InChI is InChI=1S/C17H17ClN2O/c1-11-2-5-15(10-16(11)18)19-13-6-8-14(9-7-13)20-17(21)12-3-4-12/h2,5-10,12,19H,3-4H2,1H3,(H,20,21). The molecule has 0 atom stereocenters. The van der Waals surface area contributed by atoms with Crippen molar-refractivity contribution in [2.45, 2.75) is 19.8 Å². The quantitative estimate of drug-likeness (QED) is 0.856. The molecular weight excluding hydrogens is 284 g/mol. The molecule has 1 fully saturated rings. The molecule has 2 aromatic rings. The van der Waals surface area contributed by atoms with E-state index in [4.69, 9.17) is 11.6 Å². The van der Waals surface area contributed by atoms with Gasteiger partial charge in [0.05, 0.1) is 0 Å². The Bertz CT molecular complexity index is 663. The van der Waals surface area contributed by atoms with Crippen molar-refractivity contribution >= 4 is 34.6 Å². The van der Waals surface area contributed by atoms with Crippen molar-refractivity contribution in [3.63, 3.8) is 0 Å². The molecule has 2 N–H and O–H groups in total. The van der Waals surface area contributed by atoms with Crippen LogP contribution in [-0.2, 0) is 4.79 Å². The lowest BCUT2D eigenvalue weighted by Crippen LogP contribution is -2.13. The van der Waals surface area contributed by atoms with Crippen molar-refractivity contribution in [2.24, 2.45) is 5.92 Å². The molecule has 0 heterocycles. The molecule has 1 amide bonds. The Morgan fingerprint density at radius 1 is 1.05 bits per heavy atom. The highest BCUT2D eigenvalue weighted by Gasteiger charge is 2.29. The maximum absolute atomic E-state index is 11.7. The molecular formula is C17H17ClN2O. The van der Waals surface area contributed by atoms with E-state index in [0.29, 0.717) is 0 Å². The minimum Gasteiger partial charge on any atom is -0.355 e. The number of hydrogen-bond acceptors (Lipinski definition) is 2. The van der Waals surface area contributed by atoms with Crippen LogP contribution < -0.4 is 10.6 Å². The number of carbonyl (C=O) groups is 1. The maximum atomic E-state index is 11.7. The minimum absolute atomic E-state index is 0.126. The third-order valence-corrected chi connectivity index (χ3v) is 3.97. The molecule has 0 aliphatic heterocycles. The third-order valence-electron chi connectivity index (χ3n) is 3.56. The normalized spacial score (nSPS) is 13.8. The molecule has 3 rings (SSSR count). The number of anilines is 3. The smallest absolute Gasteiger partial charge is 0.227 e. The van der Waals surface area contributed by atoms with Gasteiger partial charge in [0.15, 0.2) is 0 Å². The van der Waals surface area contributed by atoms with E-state index in [2.05, 4.69) is 10.6 Å². The lowest BCUT2D eigenvalue weighted by Gasteiger charge is -2.09. The zero-order valence-electron chi connectivity index (χ0n) is 11.8. The van der Waals surface area contributed by atoms with Gasteiger partial charge in [0.1, 0.15) is 0 Å². The third kappa shape index (κ3) is 3.56. The zero-order valence-corrected chi connectivity index (χ0v) is 12.6. The van der Waals surface area contributed by atoms with Crippen LogP contribution in [0.4, 0.5) is 17.1 Å². The highest BCUT2D eigenvalue weighted by molar-refractivity contribution is 6.31. The van der Waals surface area contributed by atoms with Gasteiger partial charge in [-0.05, 0) is 61.7 Å². The number of nitrogens with one attached hydrogen (secondary N) is 2. The van der Waals surface area contributed by atoms with E-state index in [1.165, 1.54) is 0 Å². The summed E-state index contributed by atoms with van der Waals surface area (Å²) in [6.45, 7) is 1.98. The van der Waals surface area contributed by atoms with Crippen molar-refractivity contribution in [3.8, 4) is 0 Å². The first-order valence-corrected chi connectivity index (χ1v) is 7.44. The van der Waals surface area contributed by atoms with Crippen LogP contribution in [0.2, 0.25) is 5.02 Å². The summed E-state index contributed by atoms with van der Waals surface area (Å²) in [5.74, 6) is 0.346. The molecule has 1 aliphatic carbocycles. The van der Waals surface area contributed by atoms with E-state index in [1.807, 2.05) is 49.4 Å². The van der Waals surface area contributed by atoms with Crippen LogP contribution in [0.3, 0.4) is 0 Å². The average molecular weight is 301 g/mol. The van der Waals surface area contributed by atoms with Gasteiger partial charge in [0, 0.05) is 28.0 Å². The molecule has 1 aliphatic rings. The lowest BCUT2D eigenvalue weighted by atomic mass is 10.2. The van der Waals surface area contributed by atoms with Gasteiger partial charge in [-0.1, -0.05) is 17.7 Å². The average Bonchev–Trinajstić information content (AvgIpc) is 3.30. The van der Waals surface area contributed by atoms with Gasteiger partial charge in [-0.15, -0.1) is 0 Å². The number of aryl methyl sites for hydroxylation is 1. The number of hydrogen-bond donors (Lipinski definition) is 2. The summed E-state index contributed by atoms with van der Waals surface area (Å²) in [6.07, 6.45) is 2.03. The molecule has 0 saturated heterocycles. The fourth-order valence-corrected chi connectivity index (χ4v) is 2.24. The molecule has 4 heteroatoms. The molecule has 21 heavy (non-hydrogen) atoms. The highest BCUT2D eigenvalue weighted by Crippen LogP contribution is 2.30. The molecule has 3 nitrogen and oxygen atoms in total. The van der Waals surface area contributed by atoms with Gasteiger partial charge in [-0.2, -0.15) is 0 Å². The summed E-state index contributed by atoms with van der Waals surface area (Å²) >= 11 is 6.11. The van der Waals surface area contributed by atoms with Crippen molar-refractivity contribution in [3.05, 3.63) is 53.1 Å². The monoisotopic (exact) mass is 300 g/mol. The summed E-state index contributed by atoms with van der Waals surface area (Å²) in [5.41, 5.74) is 3.79. The van der Waals surface area contributed by atoms with Crippen LogP contribution in [0, 0.1) is 12.8 Å². The molecule has 0 spiro atoms. The first-order chi connectivity index (χ1) is 10.1. The topological polar surface area (TPSA) is 41.1 Å². The van der Waals surface area contributed by atoms with Crippen LogP contribution in [0.5, 0.6) is 0 Å². The van der Waals surface area contributed by atoms with Gasteiger partial charge in [0.25, 0.3) is 0 Å². The van der Waals surface area contributed by atoms with E-state index >= 15 is 0 Å². The Labute approximate surface area is 129 Å². The van der Waals surface area contributed by atoms with E-state index in [-0.39, 0.29) is 11.8 Å². The minimum atomic E-state index is 0.126. The van der Waals surface area contributed by atoms with Crippen molar-refractivity contribution in [1.29, 1.82) is 0 Å². The SMILES string of the molecule is Cc1ccc(Nc2ccc(NC(=O)C3CC3)cc2)cc1Cl. The number of carbonyl (C=O) groups excluding carboxylic acids is 1. The van der Waals surface area contributed by atoms with Crippen LogP contribution in [0.25, 0.3) is 0 Å². The van der Waals surface area contributed by atoms with Gasteiger partial charge < -0.3 is 10.6 Å². The Balaban J connectivity index is 1.65. The van der Waals surface area contributed by atoms with Crippen LogP contribution in [0.1, 0.15) is 18.4 Å². The number of rotatable bonds is 4. The summed E-state index contributed by atoms with van der Waals surface area (Å²) in [4.78, 5) is 11.7. The molecule has 0 radical (unpaired) electrons. The van der Waals surface area contributed by atoms with Crippen LogP contribution in [-0.4, -0.2) is 5.91 Å². The molecule has 0 aromatic heterocycles. The van der Waals surface area contributed by atoms with Gasteiger partial charge >= 0.3 is 0 Å². The van der Waals surface area contributed by atoms with Crippen LogP contribution >= 0.6 is 11.6 Å². The molecule has 0 bridgehead atoms. The summed E-state index contributed by atoms with van der Waals surface area (Å²) < 4.78 is 0. The van der Waals surface area contributed by atoms with E-state index in [9.17, 15) is 4.79 Å². The first kappa shape index (κ1) is 14.0. The Kier molecular flexibility index (Phi) is 3.84. The zero-order chi connectivity index (χ0) is 14.8. The van der Waals surface area contributed by atoms with E-state index < -0.39 is 0 Å². The molecule has 108 valence electrons. The Morgan fingerprint density at radius 2 is 1.67 bits per heavy atom. The fraction of sp³-hybridized carbons (Fsp3) is 0.235. The Hall–Kier alpha value is -2.00. The molecule has 0 unspecified atom stereocenters.